The van der Waals surface area contributed by atoms with Crippen molar-refractivity contribution in [2.75, 3.05) is 31.1 Å². The van der Waals surface area contributed by atoms with Crippen molar-refractivity contribution in [2.24, 2.45) is 0 Å². The van der Waals surface area contributed by atoms with Crippen molar-refractivity contribution in [1.82, 2.24) is 15.2 Å². The Morgan fingerprint density at radius 2 is 2.05 bits per heavy atom. The first kappa shape index (κ1) is 13.7. The molecule has 6 heteroatoms. The fourth-order valence-electron chi connectivity index (χ4n) is 2.96. The van der Waals surface area contributed by atoms with Gasteiger partial charge in [0.2, 0.25) is 0 Å². The van der Waals surface area contributed by atoms with Crippen LogP contribution in [0.15, 0.2) is 22.8 Å². The van der Waals surface area contributed by atoms with Crippen molar-refractivity contribution in [3.05, 3.63) is 22.8 Å². The van der Waals surface area contributed by atoms with Crippen molar-refractivity contribution in [3.63, 3.8) is 0 Å². The minimum atomic E-state index is 0.108. The number of amides is 2. The summed E-state index contributed by atoms with van der Waals surface area (Å²) in [6.07, 6.45) is 4.93. The maximum atomic E-state index is 11.9. The molecule has 0 unspecified atom stereocenters. The highest BCUT2D eigenvalue weighted by Crippen LogP contribution is 2.23. The van der Waals surface area contributed by atoms with Gasteiger partial charge in [0, 0.05) is 42.9 Å². The van der Waals surface area contributed by atoms with Crippen LogP contribution in [0.2, 0.25) is 0 Å². The predicted octanol–water partition coefficient (Wildman–Crippen LogP) is 2.23. The molecule has 2 aliphatic rings. The van der Waals surface area contributed by atoms with E-state index >= 15 is 0 Å². The van der Waals surface area contributed by atoms with Crippen LogP contribution in [0.3, 0.4) is 0 Å². The van der Waals surface area contributed by atoms with Gasteiger partial charge >= 0.3 is 6.03 Å². The molecule has 0 bridgehead atoms. The number of urea groups is 1. The van der Waals surface area contributed by atoms with Gasteiger partial charge in [-0.3, -0.25) is 0 Å². The minimum absolute atomic E-state index is 0.108. The normalized spacial score (nSPS) is 20.9. The zero-order valence-electron chi connectivity index (χ0n) is 11.4. The molecule has 3 heterocycles. The van der Waals surface area contributed by atoms with Crippen molar-refractivity contribution < 1.29 is 4.79 Å². The molecule has 1 N–H and O–H groups in total. The third kappa shape index (κ3) is 2.90. The van der Waals surface area contributed by atoms with E-state index in [1.165, 1.54) is 0 Å². The Labute approximate surface area is 127 Å². The zero-order chi connectivity index (χ0) is 13.9. The van der Waals surface area contributed by atoms with Gasteiger partial charge in [-0.25, -0.2) is 9.78 Å². The van der Waals surface area contributed by atoms with Crippen LogP contribution in [0.4, 0.5) is 10.6 Å². The molecule has 2 fully saturated rings. The number of halogens is 1. The molecule has 0 aromatic carbocycles. The van der Waals surface area contributed by atoms with Gasteiger partial charge in [0.25, 0.3) is 0 Å². The Balaban J connectivity index is 1.59. The molecule has 2 aliphatic heterocycles. The van der Waals surface area contributed by atoms with Gasteiger partial charge in [0.15, 0.2) is 0 Å². The number of carbonyl (C=O) groups excluding carboxylic acids is 1. The maximum Gasteiger partial charge on any atom is 0.317 e. The minimum Gasteiger partial charge on any atom is -0.356 e. The summed E-state index contributed by atoms with van der Waals surface area (Å²) in [5, 5.41) is 2.93. The third-order valence-electron chi connectivity index (χ3n) is 4.05. The van der Waals surface area contributed by atoms with Crippen molar-refractivity contribution in [1.29, 1.82) is 0 Å². The molecular formula is C14H19BrN4O. The molecule has 0 spiro atoms. The first-order valence-corrected chi connectivity index (χ1v) is 7.94. The van der Waals surface area contributed by atoms with Gasteiger partial charge in [0.1, 0.15) is 5.82 Å². The first-order chi connectivity index (χ1) is 9.74. The Kier molecular flexibility index (Phi) is 4.10. The number of piperidine rings is 1. The lowest BCUT2D eigenvalue weighted by Gasteiger charge is -2.40. The first-order valence-electron chi connectivity index (χ1n) is 7.15. The van der Waals surface area contributed by atoms with Crippen molar-refractivity contribution >= 4 is 27.8 Å². The molecule has 108 valence electrons. The van der Waals surface area contributed by atoms with Crippen LogP contribution in [0.1, 0.15) is 19.3 Å². The molecule has 0 saturated carbocycles. The third-order valence-corrected chi connectivity index (χ3v) is 4.52. The number of nitrogens with zero attached hydrogens (tertiary/aromatic N) is 3. The second-order valence-electron chi connectivity index (χ2n) is 5.33. The van der Waals surface area contributed by atoms with Gasteiger partial charge in [-0.2, -0.15) is 0 Å². The lowest BCUT2D eigenvalue weighted by molar-refractivity contribution is 0.149. The van der Waals surface area contributed by atoms with Crippen LogP contribution in [0, 0.1) is 0 Å². The highest BCUT2D eigenvalue weighted by atomic mass is 79.9. The van der Waals surface area contributed by atoms with E-state index in [4.69, 9.17) is 0 Å². The predicted molar refractivity (Wildman–Crippen MR) is 81.9 cm³/mol. The number of carbonyl (C=O) groups is 1. The fourth-order valence-corrected chi connectivity index (χ4v) is 3.19. The van der Waals surface area contributed by atoms with Crippen LogP contribution in [0.25, 0.3) is 0 Å². The van der Waals surface area contributed by atoms with Crippen molar-refractivity contribution in [3.8, 4) is 0 Å². The summed E-state index contributed by atoms with van der Waals surface area (Å²) in [7, 11) is 0. The molecule has 0 radical (unpaired) electrons. The average molecular weight is 339 g/mol. The van der Waals surface area contributed by atoms with Gasteiger partial charge < -0.3 is 15.1 Å². The Morgan fingerprint density at radius 3 is 2.70 bits per heavy atom. The lowest BCUT2D eigenvalue weighted by atomic mass is 10.0. The molecule has 1 aromatic rings. The highest BCUT2D eigenvalue weighted by molar-refractivity contribution is 9.10. The number of rotatable bonds is 2. The van der Waals surface area contributed by atoms with E-state index in [0.29, 0.717) is 6.04 Å². The summed E-state index contributed by atoms with van der Waals surface area (Å²) < 4.78 is 1.00. The number of hydrogen-bond donors (Lipinski definition) is 1. The van der Waals surface area contributed by atoms with Crippen LogP contribution >= 0.6 is 15.9 Å². The monoisotopic (exact) mass is 338 g/mol. The van der Waals surface area contributed by atoms with Gasteiger partial charge in [0.05, 0.1) is 0 Å². The summed E-state index contributed by atoms with van der Waals surface area (Å²) >= 11 is 3.41. The van der Waals surface area contributed by atoms with E-state index in [-0.39, 0.29) is 6.03 Å². The van der Waals surface area contributed by atoms with Crippen molar-refractivity contribution in [2.45, 2.75) is 25.3 Å². The quantitative estimate of drug-likeness (QED) is 0.899. The summed E-state index contributed by atoms with van der Waals surface area (Å²) in [6, 6.07) is 4.54. The van der Waals surface area contributed by atoms with Gasteiger partial charge in [-0.1, -0.05) is 0 Å². The number of anilines is 1. The zero-order valence-corrected chi connectivity index (χ0v) is 13.0. The fraction of sp³-hybridized carbons (Fsp3) is 0.571. The Morgan fingerprint density at radius 1 is 1.25 bits per heavy atom. The highest BCUT2D eigenvalue weighted by Gasteiger charge is 2.29. The number of nitrogens with one attached hydrogen (secondary N) is 1. The molecule has 2 saturated heterocycles. The number of hydrogen-bond acceptors (Lipinski definition) is 3. The van der Waals surface area contributed by atoms with Crippen LogP contribution < -0.4 is 10.2 Å². The van der Waals surface area contributed by atoms with E-state index in [0.717, 1.165) is 55.7 Å². The second kappa shape index (κ2) is 5.99. The Bertz CT molecular complexity index is 471. The molecule has 3 rings (SSSR count). The SMILES string of the molecule is O=C1NCCCN1C1CCN(c2ccc(Br)cn2)CC1. The second-order valence-corrected chi connectivity index (χ2v) is 6.25. The van der Waals surface area contributed by atoms with E-state index in [2.05, 4.69) is 31.1 Å². The number of pyridine rings is 1. The standard InChI is InChI=1S/C14H19BrN4O/c15-11-2-3-13(17-10-11)18-8-4-12(5-9-18)19-7-1-6-16-14(19)20/h2-3,10,12H,1,4-9H2,(H,16,20). The molecule has 0 aliphatic carbocycles. The van der Waals surface area contributed by atoms with E-state index in [1.54, 1.807) is 0 Å². The molecule has 0 atom stereocenters. The Hall–Kier alpha value is -1.30. The van der Waals surface area contributed by atoms with Crippen LogP contribution in [-0.4, -0.2) is 48.1 Å². The molecule has 5 nitrogen and oxygen atoms in total. The largest absolute Gasteiger partial charge is 0.356 e. The molecular weight excluding hydrogens is 320 g/mol. The number of aromatic nitrogens is 1. The topological polar surface area (TPSA) is 48.5 Å². The molecule has 2 amide bonds. The smallest absolute Gasteiger partial charge is 0.317 e. The van der Waals surface area contributed by atoms with E-state index in [1.807, 2.05) is 23.2 Å². The lowest BCUT2D eigenvalue weighted by Crippen LogP contribution is -2.54. The summed E-state index contributed by atoms with van der Waals surface area (Å²) in [5.41, 5.74) is 0. The summed E-state index contributed by atoms with van der Waals surface area (Å²) in [4.78, 5) is 20.6. The van der Waals surface area contributed by atoms with Gasteiger partial charge in [-0.05, 0) is 47.3 Å². The van der Waals surface area contributed by atoms with Gasteiger partial charge in [-0.15, -0.1) is 0 Å². The van der Waals surface area contributed by atoms with Crippen LogP contribution in [0.5, 0.6) is 0 Å². The van der Waals surface area contributed by atoms with Crippen LogP contribution in [-0.2, 0) is 0 Å². The average Bonchev–Trinajstić information content (AvgIpc) is 2.49. The molecule has 1 aromatic heterocycles. The summed E-state index contributed by atoms with van der Waals surface area (Å²) in [6.45, 7) is 3.64. The maximum absolute atomic E-state index is 11.9. The summed E-state index contributed by atoms with van der Waals surface area (Å²) in [5.74, 6) is 1.02. The van der Waals surface area contributed by atoms with E-state index < -0.39 is 0 Å². The van der Waals surface area contributed by atoms with E-state index in [9.17, 15) is 4.79 Å². The molecule has 20 heavy (non-hydrogen) atoms.